The number of pyridine rings is 1. The molecule has 12 amide bonds. The number of hydrogen-bond acceptors (Lipinski definition) is 23. The molecule has 10 aromatic rings. The van der Waals surface area contributed by atoms with Crippen LogP contribution in [0.4, 0.5) is 0 Å². The molecule has 0 radical (unpaired) electrons. The second-order valence-corrected chi connectivity index (χ2v) is 29.8. The number of H-pyrrole nitrogens is 4. The Kier molecular flexibility index (Phi) is 32.4. The smallest absolute Gasteiger partial charge is 0.328 e. The number of aromatic amines is 4. The van der Waals surface area contributed by atoms with E-state index in [2.05, 4.69) is 83.7 Å². The van der Waals surface area contributed by atoms with Gasteiger partial charge in [0.15, 0.2) is 11.9 Å². The minimum Gasteiger partial charge on any atom is -0.370 e. The molecule has 0 aliphatic rings. The summed E-state index contributed by atoms with van der Waals surface area (Å²) in [5.74, 6) is -13.4. The molecule has 678 valence electrons. The van der Waals surface area contributed by atoms with E-state index in [1.165, 1.54) is 79.7 Å². The molecule has 7 atom stereocenters. The summed E-state index contributed by atoms with van der Waals surface area (Å²) in [6.07, 6.45) is 0.909. The zero-order chi connectivity index (χ0) is 93.3. The third kappa shape index (κ3) is 25.6. The first-order chi connectivity index (χ1) is 61.6. The van der Waals surface area contributed by atoms with Gasteiger partial charge in [-0.15, -0.1) is 0 Å². The number of nitrogens with two attached hydrogens (primary N) is 3. The van der Waals surface area contributed by atoms with Crippen LogP contribution in [-0.4, -0.2) is 220 Å². The maximum absolute atomic E-state index is 15.4. The summed E-state index contributed by atoms with van der Waals surface area (Å²) in [7, 11) is 0.995. The number of primary amides is 1. The van der Waals surface area contributed by atoms with E-state index >= 15 is 9.59 Å². The third-order valence-corrected chi connectivity index (χ3v) is 20.4. The number of carbonyl (C=O) groups is 12. The Labute approximate surface area is 727 Å². The van der Waals surface area contributed by atoms with Crippen LogP contribution >= 0.6 is 0 Å². The largest absolute Gasteiger partial charge is 0.370 e. The van der Waals surface area contributed by atoms with E-state index in [-0.39, 0.29) is 96.9 Å². The van der Waals surface area contributed by atoms with Crippen LogP contribution in [0.5, 0.6) is 0 Å². The molecule has 5 aromatic carbocycles. The first kappa shape index (κ1) is 94.7. The summed E-state index contributed by atoms with van der Waals surface area (Å²) in [6, 6.07) is 19.2. The van der Waals surface area contributed by atoms with Crippen molar-refractivity contribution >= 4 is 137 Å². The highest BCUT2D eigenvalue weighted by molar-refractivity contribution is 6.16. The molecule has 0 fully saturated rings. The van der Waals surface area contributed by atoms with Crippen LogP contribution in [0.25, 0.3) is 54.5 Å². The van der Waals surface area contributed by atoms with Crippen molar-refractivity contribution in [3.8, 4) is 0 Å². The quantitative estimate of drug-likeness (QED) is 0.00731. The molecule has 0 saturated carbocycles. The number of unbranched alkanes of at least 4 members (excludes halogenated alkanes) is 1. The number of benzene rings is 5. The summed E-state index contributed by atoms with van der Waals surface area (Å²) in [5.41, 5.74) is 9.75. The minimum atomic E-state index is -2.33. The van der Waals surface area contributed by atoms with Crippen molar-refractivity contribution in [3.05, 3.63) is 223 Å². The lowest BCUT2D eigenvalue weighted by Crippen LogP contribution is -2.62. The van der Waals surface area contributed by atoms with Gasteiger partial charge in [0.1, 0.15) is 42.3 Å². The maximum atomic E-state index is 15.4. The van der Waals surface area contributed by atoms with Crippen molar-refractivity contribution in [1.82, 2.24) is 112 Å². The van der Waals surface area contributed by atoms with Crippen molar-refractivity contribution in [2.45, 2.75) is 127 Å². The summed E-state index contributed by atoms with van der Waals surface area (Å²) < 4.78 is 2.20. The topological polar surface area (TPSA) is 711 Å². The molecule has 47 heteroatoms. The van der Waals surface area contributed by atoms with Crippen LogP contribution in [0.15, 0.2) is 172 Å². The molecular weight excluding hydrogens is 1680 g/mol. The average molecular weight is 1780 g/mol. The predicted octanol–water partition coefficient (Wildman–Crippen LogP) is -6.55. The van der Waals surface area contributed by atoms with E-state index in [0.29, 0.717) is 58.8 Å². The Hall–Kier alpha value is -16.6. The minimum absolute atomic E-state index is 0.00456. The number of nitrogens with one attached hydrogen (secondary N) is 18. The zero-order valence-electron chi connectivity index (χ0n) is 69.6. The molecule has 24 N–H and O–H groups in total. The molecule has 129 heavy (non-hydrogen) atoms. The van der Waals surface area contributed by atoms with Gasteiger partial charge in [-0.1, -0.05) is 72.8 Å². The molecular formula is C82H95N27O20. The van der Waals surface area contributed by atoms with Gasteiger partial charge in [-0.3, -0.25) is 111 Å². The number of hydrogen-bond donors (Lipinski definition) is 21. The summed E-state index contributed by atoms with van der Waals surface area (Å²) >= 11 is 0. The van der Waals surface area contributed by atoms with Gasteiger partial charge in [0.05, 0.1) is 88.6 Å². The maximum Gasteiger partial charge on any atom is 0.328 e. The number of amides is 12. The molecule has 0 aliphatic heterocycles. The Morgan fingerprint density at radius 2 is 0.814 bits per heavy atom. The molecule has 47 nitrogen and oxygen atoms in total. The van der Waals surface area contributed by atoms with Crippen LogP contribution in [0, 0.1) is 10.8 Å². The van der Waals surface area contributed by atoms with Gasteiger partial charge in [0, 0.05) is 69.6 Å². The summed E-state index contributed by atoms with van der Waals surface area (Å²) in [5, 5.41) is 45.8. The van der Waals surface area contributed by atoms with Gasteiger partial charge in [0.2, 0.25) is 65.0 Å². The fourth-order valence-electron chi connectivity index (χ4n) is 14.0. The number of carbonyl (C=O) groups excluding carboxylic acids is 12. The molecule has 5 aromatic heterocycles. The highest BCUT2D eigenvalue weighted by Gasteiger charge is 2.36. The van der Waals surface area contributed by atoms with Gasteiger partial charge < -0.3 is 101 Å². The SMILES string of the molecule is CC(=O)N[C@@H](CCCCNC(=O)c1c2ccccc2nc2ccccc12)C(=O)NCCC(=O)NCC(=O)N[C@@H](CCCNC(=N)N)C(=O)N[C@H](Cn1ccc(=O)[nH]c1=O)C(=O)N(C)CC(=O)N[C@H](Cn1c(=O)[nH]c2ccccc2c1=O)C(=O)N[C@H](Cn1c(=O)[nH]c2ccccc2c1=O)C(=O)N[C@H](Cn1c(=O)[nH]c2ccccc2c1=O)C(=O)N[C@@H](CCCNC(=N)N)C(N)=O. The molecule has 0 saturated heterocycles. The molecule has 0 bridgehead atoms. The lowest BCUT2D eigenvalue weighted by molar-refractivity contribution is -0.140. The van der Waals surface area contributed by atoms with Gasteiger partial charge in [-0.05, 0) is 93.5 Å². The number of nitrogens with zero attached hydrogens (tertiary/aromatic N) is 6. The fraction of sp³-hybridized carbons (Fsp3) is 0.329. The lowest BCUT2D eigenvalue weighted by atomic mass is 10.0. The average Bonchev–Trinajstić information content (AvgIpc) is 0.796. The number of likely N-dealkylation sites (N-methyl/N-ethyl adjacent to an activating group) is 1. The van der Waals surface area contributed by atoms with Gasteiger partial charge in [0.25, 0.3) is 28.1 Å². The van der Waals surface area contributed by atoms with Crippen molar-refractivity contribution in [3.63, 3.8) is 0 Å². The Balaban J connectivity index is 0.860. The van der Waals surface area contributed by atoms with Crippen molar-refractivity contribution in [1.29, 1.82) is 10.8 Å². The second kappa shape index (κ2) is 44.2. The number of rotatable bonds is 43. The highest BCUT2D eigenvalue weighted by Crippen LogP contribution is 2.26. The molecule has 10 rings (SSSR count). The van der Waals surface area contributed by atoms with Crippen LogP contribution in [0.2, 0.25) is 0 Å². The summed E-state index contributed by atoms with van der Waals surface area (Å²) in [4.78, 5) is 294. The van der Waals surface area contributed by atoms with E-state index in [1.807, 2.05) is 29.2 Å². The molecule has 5 heterocycles. The van der Waals surface area contributed by atoms with E-state index in [1.54, 1.807) is 24.3 Å². The number of para-hydroxylation sites is 5. The van der Waals surface area contributed by atoms with Crippen LogP contribution < -0.4 is 126 Å². The van der Waals surface area contributed by atoms with Gasteiger partial charge >= 0.3 is 22.8 Å². The monoisotopic (exact) mass is 1780 g/mol. The molecule has 0 unspecified atom stereocenters. The standard InChI is InChI=1S/C82H95N27O20/c1-43(110)93-55(27-13-14-32-88-72(121)65-44-17-3-8-22-49(44)94-50-23-9-4-18-45(50)65)67(116)89-35-30-61(111)92-37-63(113)95-56(29-16-34-91-78(86)87)68(117)100-60(38-106-36-31-62(112)104-79(106)126)76(125)105(2)42-64(114)96-57(39-107-73(122)46-19-5-10-24-51(46)101-80(107)127)69(118)98-59(41-109-75(124)48-21-7-12-26-53(48)103-82(109)129)71(120)99-58(70(119)97-54(66(83)115)28-15-33-90-77(84)85)40-108-74(123)47-20-6-11-25-52(47)102-81(108)128/h3-12,17-26,31,36,54-60H,13-16,27-30,32-35,37-42H2,1-2H3,(H2,83,115)(H,88,121)(H,89,116)(H,92,111)(H,93,110)(H,95,113)(H,96,114)(H,97,119)(H,98,118)(H,99,120)(H,100,117)(H,101,127)(H,102,128)(H,103,129)(H4,84,85,90)(H4,86,87,91)(H,104,112,126)/t54-,55-,56-,57+,58+,59+,60+/m0/s1. The van der Waals surface area contributed by atoms with E-state index in [4.69, 9.17) is 28.0 Å². The molecule has 0 aliphatic carbocycles. The molecule has 0 spiro atoms. The second-order valence-electron chi connectivity index (χ2n) is 29.8. The van der Waals surface area contributed by atoms with E-state index < -0.39 is 210 Å². The summed E-state index contributed by atoms with van der Waals surface area (Å²) in [6.45, 7) is -5.13. The van der Waals surface area contributed by atoms with E-state index in [0.717, 1.165) is 23.9 Å². The van der Waals surface area contributed by atoms with E-state index in [9.17, 15) is 86.3 Å². The van der Waals surface area contributed by atoms with Gasteiger partial charge in [-0.25, -0.2) is 24.2 Å². The van der Waals surface area contributed by atoms with Crippen molar-refractivity contribution < 1.29 is 57.5 Å². The predicted molar refractivity (Wildman–Crippen MR) is 468 cm³/mol. The van der Waals surface area contributed by atoms with Gasteiger partial charge in [-0.2, -0.15) is 0 Å². The third-order valence-electron chi connectivity index (χ3n) is 20.4. The van der Waals surface area contributed by atoms with Crippen LogP contribution in [0.1, 0.15) is 68.6 Å². The number of aromatic nitrogens is 9. The van der Waals surface area contributed by atoms with Crippen LogP contribution in [-0.2, 0) is 78.9 Å². The van der Waals surface area contributed by atoms with Crippen LogP contribution in [0.3, 0.4) is 0 Å². The first-order valence-electron chi connectivity index (χ1n) is 40.5. The fourth-order valence-corrected chi connectivity index (χ4v) is 14.0. The Bertz CT molecular complexity index is 6470. The lowest BCUT2D eigenvalue weighted by Gasteiger charge is -2.28. The van der Waals surface area contributed by atoms with Crippen molar-refractivity contribution in [2.75, 3.05) is 46.3 Å². The zero-order valence-corrected chi connectivity index (χ0v) is 69.6. The number of fused-ring (bicyclic) bond motifs is 5. The number of guanidine groups is 2. The Morgan fingerprint density at radius 1 is 0.403 bits per heavy atom. The Morgan fingerprint density at radius 3 is 1.29 bits per heavy atom. The normalized spacial score (nSPS) is 12.8. The first-order valence-corrected chi connectivity index (χ1v) is 40.5. The van der Waals surface area contributed by atoms with Crippen molar-refractivity contribution in [2.24, 2.45) is 17.2 Å². The highest BCUT2D eigenvalue weighted by atomic mass is 16.2.